The number of hydrogen-bond donors (Lipinski definition) is 0. The molecule has 0 spiro atoms. The van der Waals surface area contributed by atoms with Crippen LogP contribution < -0.4 is 0 Å². The molecule has 82 valence electrons. The maximum atomic E-state index is 11.4. The van der Waals surface area contributed by atoms with E-state index in [9.17, 15) is 4.79 Å². The summed E-state index contributed by atoms with van der Waals surface area (Å²) in [7, 11) is 0. The molecular formula is C12H16O3. The summed E-state index contributed by atoms with van der Waals surface area (Å²) in [6.07, 6.45) is 6.61. The first kappa shape index (κ1) is 10.4. The van der Waals surface area contributed by atoms with Crippen LogP contribution in [0.5, 0.6) is 0 Å². The summed E-state index contributed by atoms with van der Waals surface area (Å²) < 4.78 is 10.3. The fourth-order valence-electron chi connectivity index (χ4n) is 1.70. The standard InChI is InChI=1S/C12H16O3/c13-11(12-5-2-7-15-12)9-14-8-6-10-3-1-4-10/h2,5,7,10H,1,3-4,6,8-9H2. The summed E-state index contributed by atoms with van der Waals surface area (Å²) in [6, 6.07) is 3.37. The first-order valence-corrected chi connectivity index (χ1v) is 5.50. The topological polar surface area (TPSA) is 39.4 Å². The van der Waals surface area contributed by atoms with Crippen LogP contribution in [0.3, 0.4) is 0 Å². The van der Waals surface area contributed by atoms with Crippen molar-refractivity contribution in [3.63, 3.8) is 0 Å². The largest absolute Gasteiger partial charge is 0.461 e. The first-order chi connectivity index (χ1) is 7.36. The lowest BCUT2D eigenvalue weighted by atomic mass is 9.83. The molecule has 0 amide bonds. The molecule has 0 N–H and O–H groups in total. The summed E-state index contributed by atoms with van der Waals surface area (Å²) >= 11 is 0. The van der Waals surface area contributed by atoms with Gasteiger partial charge in [-0.3, -0.25) is 4.79 Å². The lowest BCUT2D eigenvalue weighted by Gasteiger charge is -2.24. The molecule has 1 aromatic rings. The van der Waals surface area contributed by atoms with Crippen LogP contribution in [0.2, 0.25) is 0 Å². The van der Waals surface area contributed by atoms with Crippen LogP contribution in [0, 0.1) is 5.92 Å². The molecule has 3 heteroatoms. The number of carbonyl (C=O) groups is 1. The van der Waals surface area contributed by atoms with E-state index in [1.165, 1.54) is 25.5 Å². The van der Waals surface area contributed by atoms with Gasteiger partial charge >= 0.3 is 0 Å². The molecule has 1 heterocycles. The molecule has 3 nitrogen and oxygen atoms in total. The molecule has 0 bridgehead atoms. The van der Waals surface area contributed by atoms with Gasteiger partial charge in [0.25, 0.3) is 0 Å². The fraction of sp³-hybridized carbons (Fsp3) is 0.583. The molecule has 1 aliphatic carbocycles. The van der Waals surface area contributed by atoms with Gasteiger partial charge < -0.3 is 9.15 Å². The SMILES string of the molecule is O=C(COCCC1CCC1)c1ccco1. The van der Waals surface area contributed by atoms with Crippen molar-refractivity contribution in [1.29, 1.82) is 0 Å². The van der Waals surface area contributed by atoms with Crippen LogP contribution in [-0.4, -0.2) is 19.0 Å². The molecule has 15 heavy (non-hydrogen) atoms. The van der Waals surface area contributed by atoms with Crippen LogP contribution in [0.15, 0.2) is 22.8 Å². The van der Waals surface area contributed by atoms with E-state index in [0.29, 0.717) is 12.4 Å². The van der Waals surface area contributed by atoms with Crippen LogP contribution in [0.4, 0.5) is 0 Å². The van der Waals surface area contributed by atoms with E-state index in [1.807, 2.05) is 0 Å². The molecule has 1 fully saturated rings. The van der Waals surface area contributed by atoms with Crippen molar-refractivity contribution in [3.8, 4) is 0 Å². The second-order valence-electron chi connectivity index (χ2n) is 4.04. The van der Waals surface area contributed by atoms with Gasteiger partial charge in [0.05, 0.1) is 6.26 Å². The zero-order valence-corrected chi connectivity index (χ0v) is 8.78. The third-order valence-corrected chi connectivity index (χ3v) is 2.92. The van der Waals surface area contributed by atoms with E-state index in [2.05, 4.69) is 0 Å². The van der Waals surface area contributed by atoms with E-state index >= 15 is 0 Å². The predicted octanol–water partition coefficient (Wildman–Crippen LogP) is 2.67. The molecule has 0 radical (unpaired) electrons. The first-order valence-electron chi connectivity index (χ1n) is 5.50. The molecular weight excluding hydrogens is 192 g/mol. The fourth-order valence-corrected chi connectivity index (χ4v) is 1.70. The van der Waals surface area contributed by atoms with E-state index in [-0.39, 0.29) is 12.4 Å². The average Bonchev–Trinajstić information content (AvgIpc) is 2.67. The zero-order valence-electron chi connectivity index (χ0n) is 8.78. The Morgan fingerprint density at radius 2 is 2.40 bits per heavy atom. The Balaban J connectivity index is 1.59. The van der Waals surface area contributed by atoms with Crippen molar-refractivity contribution in [1.82, 2.24) is 0 Å². The van der Waals surface area contributed by atoms with Crippen LogP contribution in [0.25, 0.3) is 0 Å². The number of ether oxygens (including phenoxy) is 1. The van der Waals surface area contributed by atoms with E-state index in [4.69, 9.17) is 9.15 Å². The maximum Gasteiger partial charge on any atom is 0.223 e. The quantitative estimate of drug-likeness (QED) is 0.533. The van der Waals surface area contributed by atoms with Gasteiger partial charge in [0.2, 0.25) is 5.78 Å². The lowest BCUT2D eigenvalue weighted by Crippen LogP contribution is -2.15. The highest BCUT2D eigenvalue weighted by molar-refractivity contribution is 5.94. The highest BCUT2D eigenvalue weighted by Crippen LogP contribution is 2.29. The molecule has 0 aromatic carbocycles. The van der Waals surface area contributed by atoms with Gasteiger partial charge in [-0.1, -0.05) is 19.3 Å². The van der Waals surface area contributed by atoms with Crippen molar-refractivity contribution >= 4 is 5.78 Å². The minimum absolute atomic E-state index is 0.0754. The Labute approximate surface area is 89.4 Å². The molecule has 1 saturated carbocycles. The number of ketones is 1. The van der Waals surface area contributed by atoms with E-state index in [0.717, 1.165) is 12.3 Å². The molecule has 0 saturated heterocycles. The third-order valence-electron chi connectivity index (χ3n) is 2.92. The second-order valence-corrected chi connectivity index (χ2v) is 4.04. The second kappa shape index (κ2) is 5.12. The number of carbonyl (C=O) groups excluding carboxylic acids is 1. The van der Waals surface area contributed by atoms with E-state index < -0.39 is 0 Å². The van der Waals surface area contributed by atoms with Gasteiger partial charge in [-0.2, -0.15) is 0 Å². The van der Waals surface area contributed by atoms with Gasteiger partial charge in [-0.05, 0) is 24.5 Å². The smallest absolute Gasteiger partial charge is 0.223 e. The van der Waals surface area contributed by atoms with Crippen molar-refractivity contribution in [2.75, 3.05) is 13.2 Å². The summed E-state index contributed by atoms with van der Waals surface area (Å²) in [6.45, 7) is 0.831. The van der Waals surface area contributed by atoms with Gasteiger partial charge in [0.15, 0.2) is 5.76 Å². The molecule has 1 aliphatic rings. The summed E-state index contributed by atoms with van der Waals surface area (Å²) in [5.41, 5.74) is 0. The number of hydrogen-bond acceptors (Lipinski definition) is 3. The van der Waals surface area contributed by atoms with E-state index in [1.54, 1.807) is 12.1 Å². The Morgan fingerprint density at radius 1 is 1.53 bits per heavy atom. The molecule has 1 aromatic heterocycles. The Hall–Kier alpha value is -1.09. The van der Waals surface area contributed by atoms with Crippen molar-refractivity contribution in [2.45, 2.75) is 25.7 Å². The maximum absolute atomic E-state index is 11.4. The Bertz CT molecular complexity index is 299. The summed E-state index contributed by atoms with van der Waals surface area (Å²) in [5, 5.41) is 0. The number of Topliss-reactive ketones (excluding diaryl/α,β-unsaturated/α-hetero) is 1. The number of furan rings is 1. The number of rotatable bonds is 6. The molecule has 2 rings (SSSR count). The van der Waals surface area contributed by atoms with Gasteiger partial charge in [0.1, 0.15) is 6.61 Å². The van der Waals surface area contributed by atoms with Crippen molar-refractivity contribution < 1.29 is 13.9 Å². The van der Waals surface area contributed by atoms with Crippen molar-refractivity contribution in [2.24, 2.45) is 5.92 Å². The van der Waals surface area contributed by atoms with Crippen LogP contribution in [-0.2, 0) is 4.74 Å². The molecule has 0 unspecified atom stereocenters. The monoisotopic (exact) mass is 208 g/mol. The van der Waals surface area contributed by atoms with Gasteiger partial charge in [-0.25, -0.2) is 0 Å². The predicted molar refractivity (Wildman–Crippen MR) is 55.8 cm³/mol. The van der Waals surface area contributed by atoms with Gasteiger partial charge in [0, 0.05) is 6.61 Å². The highest BCUT2D eigenvalue weighted by Gasteiger charge is 2.17. The minimum atomic E-state index is -0.0754. The third kappa shape index (κ3) is 2.93. The van der Waals surface area contributed by atoms with Crippen LogP contribution >= 0.6 is 0 Å². The zero-order chi connectivity index (χ0) is 10.5. The Morgan fingerprint density at radius 3 is 3.00 bits per heavy atom. The molecule has 0 aliphatic heterocycles. The normalized spacial score (nSPS) is 16.3. The van der Waals surface area contributed by atoms with Crippen molar-refractivity contribution in [3.05, 3.63) is 24.2 Å². The average molecular weight is 208 g/mol. The molecule has 0 atom stereocenters. The summed E-state index contributed by atoms with van der Waals surface area (Å²) in [4.78, 5) is 11.4. The van der Waals surface area contributed by atoms with Crippen LogP contribution in [0.1, 0.15) is 36.2 Å². The lowest BCUT2D eigenvalue weighted by molar-refractivity contribution is 0.0680. The highest BCUT2D eigenvalue weighted by atomic mass is 16.5. The van der Waals surface area contributed by atoms with Gasteiger partial charge in [-0.15, -0.1) is 0 Å². The minimum Gasteiger partial charge on any atom is -0.461 e. The Kier molecular flexibility index (Phi) is 3.56. The summed E-state index contributed by atoms with van der Waals surface area (Å²) in [5.74, 6) is 1.15.